The van der Waals surface area contributed by atoms with Crippen LogP contribution in [0.2, 0.25) is 0 Å². The molecule has 5 nitrogen and oxygen atoms in total. The Morgan fingerprint density at radius 1 is 1.10 bits per heavy atom. The van der Waals surface area contributed by atoms with E-state index in [4.69, 9.17) is 4.74 Å². The molecule has 0 aromatic rings. The minimum atomic E-state index is -0.523. The second-order valence-corrected chi connectivity index (χ2v) is 7.16. The predicted octanol–water partition coefficient (Wildman–Crippen LogP) is 2.98. The van der Waals surface area contributed by atoms with Gasteiger partial charge < -0.3 is 15.4 Å². The minimum absolute atomic E-state index is 0.0351. The van der Waals surface area contributed by atoms with E-state index in [-0.39, 0.29) is 23.9 Å². The van der Waals surface area contributed by atoms with Crippen molar-refractivity contribution < 1.29 is 14.3 Å². The van der Waals surface area contributed by atoms with Crippen molar-refractivity contribution >= 4 is 12.0 Å². The predicted molar refractivity (Wildman–Crippen MR) is 83.0 cm³/mol. The lowest BCUT2D eigenvalue weighted by Gasteiger charge is -2.28. The van der Waals surface area contributed by atoms with Crippen LogP contribution in [0.1, 0.15) is 66.7 Å². The third kappa shape index (κ3) is 6.82. The summed E-state index contributed by atoms with van der Waals surface area (Å²) in [5, 5.41) is 5.86. The Balaban J connectivity index is 2.69. The van der Waals surface area contributed by atoms with E-state index in [1.807, 2.05) is 34.6 Å². The monoisotopic (exact) mass is 298 g/mol. The summed E-state index contributed by atoms with van der Waals surface area (Å²) in [5.41, 5.74) is -0.523. The quantitative estimate of drug-likeness (QED) is 0.787. The highest BCUT2D eigenvalue weighted by atomic mass is 16.6. The highest BCUT2D eigenvalue weighted by molar-refractivity contribution is 5.80. The van der Waals surface area contributed by atoms with E-state index in [1.54, 1.807) is 0 Å². The number of hydrogen-bond donors (Lipinski definition) is 2. The zero-order valence-corrected chi connectivity index (χ0v) is 14.0. The van der Waals surface area contributed by atoms with Crippen LogP contribution in [0, 0.1) is 5.92 Å². The van der Waals surface area contributed by atoms with Gasteiger partial charge in [-0.2, -0.15) is 0 Å². The van der Waals surface area contributed by atoms with E-state index in [9.17, 15) is 9.59 Å². The number of amides is 2. The molecule has 21 heavy (non-hydrogen) atoms. The van der Waals surface area contributed by atoms with E-state index in [0.717, 1.165) is 32.1 Å². The summed E-state index contributed by atoms with van der Waals surface area (Å²) < 4.78 is 5.31. The molecule has 2 amide bonds. The number of carbonyl (C=O) groups excluding carboxylic acids is 2. The Bertz CT molecular complexity index is 361. The highest BCUT2D eigenvalue weighted by Gasteiger charge is 2.32. The largest absolute Gasteiger partial charge is 0.444 e. The molecule has 0 aromatic heterocycles. The van der Waals surface area contributed by atoms with Crippen molar-refractivity contribution in [1.29, 1.82) is 0 Å². The first-order valence-corrected chi connectivity index (χ1v) is 7.99. The van der Waals surface area contributed by atoms with Gasteiger partial charge in [-0.15, -0.1) is 0 Å². The van der Waals surface area contributed by atoms with Gasteiger partial charge in [-0.1, -0.05) is 19.3 Å². The fourth-order valence-electron chi connectivity index (χ4n) is 2.64. The van der Waals surface area contributed by atoms with Gasteiger partial charge in [0.1, 0.15) is 5.60 Å². The van der Waals surface area contributed by atoms with Crippen LogP contribution in [0.4, 0.5) is 4.79 Å². The minimum Gasteiger partial charge on any atom is -0.444 e. The van der Waals surface area contributed by atoms with Gasteiger partial charge in [0, 0.05) is 12.1 Å². The molecule has 1 saturated carbocycles. The molecule has 2 N–H and O–H groups in total. The molecule has 0 spiro atoms. The Labute approximate surface area is 128 Å². The first-order valence-electron chi connectivity index (χ1n) is 7.99. The molecule has 1 fully saturated rings. The van der Waals surface area contributed by atoms with Gasteiger partial charge in [0.15, 0.2) is 0 Å². The van der Waals surface area contributed by atoms with Gasteiger partial charge in [0.25, 0.3) is 0 Å². The number of rotatable bonds is 3. The third-order valence-electron chi connectivity index (χ3n) is 3.49. The average molecular weight is 298 g/mol. The maximum absolute atomic E-state index is 12.3. The SMILES string of the molecule is CC(C)NC(=O)[C@@H]1CCCCC[C@@H]1NC(=O)OC(C)(C)C. The number of ether oxygens (including phenoxy) is 1. The van der Waals surface area contributed by atoms with Crippen molar-refractivity contribution in [2.45, 2.75) is 84.4 Å². The first kappa shape index (κ1) is 17.8. The Hall–Kier alpha value is -1.26. The summed E-state index contributed by atoms with van der Waals surface area (Å²) in [7, 11) is 0. The molecular formula is C16H30N2O3. The van der Waals surface area contributed by atoms with Crippen molar-refractivity contribution in [2.24, 2.45) is 5.92 Å². The molecule has 2 atom stereocenters. The van der Waals surface area contributed by atoms with Gasteiger partial charge in [-0.25, -0.2) is 4.79 Å². The van der Waals surface area contributed by atoms with E-state index >= 15 is 0 Å². The lowest BCUT2D eigenvalue weighted by molar-refractivity contribution is -0.126. The fraction of sp³-hybridized carbons (Fsp3) is 0.875. The molecule has 1 aliphatic rings. The molecule has 0 heterocycles. The van der Waals surface area contributed by atoms with Crippen molar-refractivity contribution in [2.75, 3.05) is 0 Å². The second-order valence-electron chi connectivity index (χ2n) is 7.16. The summed E-state index contributed by atoms with van der Waals surface area (Å²) in [5.74, 6) is -0.129. The van der Waals surface area contributed by atoms with E-state index in [0.29, 0.717) is 0 Å². The zero-order chi connectivity index (χ0) is 16.0. The highest BCUT2D eigenvalue weighted by Crippen LogP contribution is 2.24. The Morgan fingerprint density at radius 2 is 1.71 bits per heavy atom. The summed E-state index contributed by atoms with van der Waals surface area (Å²) in [6, 6.07) is -0.0240. The van der Waals surface area contributed by atoms with Crippen LogP contribution in [0.15, 0.2) is 0 Å². The summed E-state index contributed by atoms with van der Waals surface area (Å²) in [6.45, 7) is 9.41. The van der Waals surface area contributed by atoms with Crippen LogP contribution in [0.3, 0.4) is 0 Å². The second kappa shape index (κ2) is 7.66. The average Bonchev–Trinajstić information content (AvgIpc) is 2.50. The van der Waals surface area contributed by atoms with Crippen LogP contribution < -0.4 is 10.6 Å². The Kier molecular flexibility index (Phi) is 6.49. The van der Waals surface area contributed by atoms with Gasteiger partial charge in [-0.05, 0) is 47.5 Å². The maximum Gasteiger partial charge on any atom is 0.407 e. The molecule has 0 radical (unpaired) electrons. The standard InChI is InChI=1S/C16H30N2O3/c1-11(2)17-14(19)12-9-7-6-8-10-13(12)18-15(20)21-16(3,4)5/h11-13H,6-10H2,1-5H3,(H,17,19)(H,18,20)/t12-,13+/m1/s1. The van der Waals surface area contributed by atoms with Crippen molar-refractivity contribution in [3.8, 4) is 0 Å². The van der Waals surface area contributed by atoms with Crippen LogP contribution in [0.5, 0.6) is 0 Å². The van der Waals surface area contributed by atoms with Gasteiger partial charge in [0.2, 0.25) is 5.91 Å². The zero-order valence-electron chi connectivity index (χ0n) is 14.0. The van der Waals surface area contributed by atoms with Crippen molar-refractivity contribution in [1.82, 2.24) is 10.6 Å². The lowest BCUT2D eigenvalue weighted by Crippen LogP contribution is -2.48. The Morgan fingerprint density at radius 3 is 2.29 bits per heavy atom. The van der Waals surface area contributed by atoms with Crippen LogP contribution in [0.25, 0.3) is 0 Å². The van der Waals surface area contributed by atoms with Gasteiger partial charge in [0.05, 0.1) is 5.92 Å². The maximum atomic E-state index is 12.3. The number of alkyl carbamates (subject to hydrolysis) is 1. The molecule has 0 bridgehead atoms. The van der Waals surface area contributed by atoms with E-state index in [1.165, 1.54) is 0 Å². The summed E-state index contributed by atoms with van der Waals surface area (Å²) in [4.78, 5) is 24.3. The van der Waals surface area contributed by atoms with Crippen LogP contribution in [-0.4, -0.2) is 29.7 Å². The smallest absolute Gasteiger partial charge is 0.407 e. The van der Waals surface area contributed by atoms with E-state index in [2.05, 4.69) is 10.6 Å². The van der Waals surface area contributed by atoms with Gasteiger partial charge >= 0.3 is 6.09 Å². The van der Waals surface area contributed by atoms with Crippen molar-refractivity contribution in [3.63, 3.8) is 0 Å². The summed E-state index contributed by atoms with van der Waals surface area (Å²) in [6.07, 6.45) is 4.39. The fourth-order valence-corrected chi connectivity index (χ4v) is 2.64. The summed E-state index contributed by atoms with van der Waals surface area (Å²) >= 11 is 0. The molecular weight excluding hydrogens is 268 g/mol. The molecule has 0 aromatic carbocycles. The molecule has 0 aliphatic heterocycles. The topological polar surface area (TPSA) is 67.4 Å². The lowest BCUT2D eigenvalue weighted by atomic mass is 9.93. The number of carbonyl (C=O) groups is 2. The third-order valence-corrected chi connectivity index (χ3v) is 3.49. The van der Waals surface area contributed by atoms with E-state index < -0.39 is 11.7 Å². The normalized spacial score (nSPS) is 23.3. The molecule has 0 unspecified atom stereocenters. The first-order chi connectivity index (χ1) is 9.69. The van der Waals surface area contributed by atoms with Gasteiger partial charge in [-0.3, -0.25) is 4.79 Å². The van der Waals surface area contributed by atoms with Crippen LogP contribution in [-0.2, 0) is 9.53 Å². The van der Waals surface area contributed by atoms with Crippen molar-refractivity contribution in [3.05, 3.63) is 0 Å². The number of hydrogen-bond acceptors (Lipinski definition) is 3. The molecule has 5 heteroatoms. The number of nitrogens with one attached hydrogen (secondary N) is 2. The molecule has 1 aliphatic carbocycles. The van der Waals surface area contributed by atoms with Crippen LogP contribution >= 0.6 is 0 Å². The molecule has 122 valence electrons. The molecule has 1 rings (SSSR count). The molecule has 0 saturated heterocycles.